The molecule has 2 heteroatoms. The van der Waals surface area contributed by atoms with Crippen LogP contribution in [0, 0.1) is 23.2 Å². The number of nitrogens with zero attached hydrogens (tertiary/aromatic N) is 2. The second-order valence-corrected chi connectivity index (χ2v) is 5.08. The van der Waals surface area contributed by atoms with Crippen LogP contribution in [-0.2, 0) is 6.42 Å². The van der Waals surface area contributed by atoms with Crippen LogP contribution in [0.4, 0.5) is 0 Å². The van der Waals surface area contributed by atoms with Gasteiger partial charge in [-0.3, -0.25) is 4.98 Å². The Morgan fingerprint density at radius 1 is 1.14 bits per heavy atom. The van der Waals surface area contributed by atoms with Crippen molar-refractivity contribution in [3.63, 3.8) is 0 Å². The van der Waals surface area contributed by atoms with Crippen molar-refractivity contribution in [1.82, 2.24) is 4.98 Å². The molecule has 1 aromatic heterocycles. The maximum absolute atomic E-state index is 8.65. The van der Waals surface area contributed by atoms with Crippen LogP contribution in [0.2, 0.25) is 0 Å². The van der Waals surface area contributed by atoms with E-state index in [4.69, 9.17) is 5.26 Å². The van der Waals surface area contributed by atoms with Gasteiger partial charge >= 0.3 is 0 Å². The van der Waals surface area contributed by atoms with Gasteiger partial charge in [0.2, 0.25) is 0 Å². The minimum absolute atomic E-state index is 0.625. The predicted octanol–water partition coefficient (Wildman–Crippen LogP) is 4.62. The Bertz CT molecular complexity index is 699. The monoisotopic (exact) mass is 276 g/mol. The van der Waals surface area contributed by atoms with Gasteiger partial charge in [0.05, 0.1) is 11.6 Å². The van der Waals surface area contributed by atoms with Crippen LogP contribution < -0.4 is 0 Å². The highest BCUT2D eigenvalue weighted by Gasteiger charge is 2.07. The molecular formula is C19H20N2. The molecule has 0 fully saturated rings. The number of fused-ring (bicyclic) bond motifs is 1. The summed E-state index contributed by atoms with van der Waals surface area (Å²) in [6.07, 6.45) is 7.43. The summed E-state index contributed by atoms with van der Waals surface area (Å²) in [7, 11) is 0. The third-order valence-electron chi connectivity index (χ3n) is 3.45. The number of nitriles is 1. The number of aromatic nitrogens is 1. The Morgan fingerprint density at radius 2 is 2.00 bits per heavy atom. The molecule has 0 bridgehead atoms. The summed E-state index contributed by atoms with van der Waals surface area (Å²) < 4.78 is 0. The van der Waals surface area contributed by atoms with E-state index in [0.29, 0.717) is 6.42 Å². The van der Waals surface area contributed by atoms with Gasteiger partial charge in [-0.15, -0.1) is 0 Å². The first-order valence-corrected chi connectivity index (χ1v) is 7.59. The van der Waals surface area contributed by atoms with Gasteiger partial charge in [0, 0.05) is 30.0 Å². The Hall–Kier alpha value is -2.32. The van der Waals surface area contributed by atoms with Crippen LogP contribution in [0.3, 0.4) is 0 Å². The van der Waals surface area contributed by atoms with Crippen LogP contribution in [-0.4, -0.2) is 4.98 Å². The van der Waals surface area contributed by atoms with E-state index in [2.05, 4.69) is 35.9 Å². The van der Waals surface area contributed by atoms with Gasteiger partial charge in [-0.2, -0.15) is 5.26 Å². The fraction of sp³-hybridized carbons (Fsp3) is 0.368. The molecule has 2 rings (SSSR count). The average Bonchev–Trinajstić information content (AvgIpc) is 2.53. The first-order valence-electron chi connectivity index (χ1n) is 7.59. The molecule has 0 aliphatic carbocycles. The average molecular weight is 276 g/mol. The number of benzene rings is 1. The van der Waals surface area contributed by atoms with E-state index in [1.54, 1.807) is 0 Å². The minimum Gasteiger partial charge on any atom is -0.255 e. The van der Waals surface area contributed by atoms with E-state index in [1.807, 2.05) is 24.4 Å². The highest BCUT2D eigenvalue weighted by atomic mass is 14.7. The molecule has 0 saturated heterocycles. The normalized spacial score (nSPS) is 9.90. The van der Waals surface area contributed by atoms with Gasteiger partial charge < -0.3 is 0 Å². The van der Waals surface area contributed by atoms with Crippen molar-refractivity contribution in [3.8, 4) is 17.9 Å². The molecular weight excluding hydrogens is 256 g/mol. The zero-order chi connectivity index (χ0) is 14.9. The van der Waals surface area contributed by atoms with Crippen molar-refractivity contribution >= 4 is 10.9 Å². The van der Waals surface area contributed by atoms with E-state index >= 15 is 0 Å². The summed E-state index contributed by atoms with van der Waals surface area (Å²) in [5.41, 5.74) is 3.34. The smallest absolute Gasteiger partial charge is 0.0705 e. The van der Waals surface area contributed by atoms with Crippen LogP contribution >= 0.6 is 0 Å². The molecule has 0 spiro atoms. The predicted molar refractivity (Wildman–Crippen MR) is 86.7 cm³/mol. The molecule has 2 nitrogen and oxygen atoms in total. The van der Waals surface area contributed by atoms with Crippen molar-refractivity contribution in [2.24, 2.45) is 0 Å². The zero-order valence-electron chi connectivity index (χ0n) is 12.5. The van der Waals surface area contributed by atoms with Crippen LogP contribution in [0.15, 0.2) is 30.5 Å². The van der Waals surface area contributed by atoms with Gasteiger partial charge in [-0.25, -0.2) is 0 Å². The SMILES string of the molecule is CCCC#Cc1cnc2ccccc2c1CCCCC#N. The maximum atomic E-state index is 8.65. The summed E-state index contributed by atoms with van der Waals surface area (Å²) in [6, 6.07) is 10.4. The van der Waals surface area contributed by atoms with Gasteiger partial charge in [0.25, 0.3) is 0 Å². The molecule has 0 aliphatic rings. The molecule has 1 heterocycles. The van der Waals surface area contributed by atoms with E-state index in [1.165, 1.54) is 10.9 Å². The molecule has 0 unspecified atom stereocenters. The second kappa shape index (κ2) is 8.08. The van der Waals surface area contributed by atoms with Crippen molar-refractivity contribution < 1.29 is 0 Å². The fourth-order valence-corrected chi connectivity index (χ4v) is 2.36. The number of hydrogen-bond acceptors (Lipinski definition) is 2. The molecule has 0 atom stereocenters. The lowest BCUT2D eigenvalue weighted by molar-refractivity contribution is 0.754. The number of para-hydroxylation sites is 1. The Kier molecular flexibility index (Phi) is 5.80. The lowest BCUT2D eigenvalue weighted by atomic mass is 9.98. The minimum atomic E-state index is 0.625. The highest BCUT2D eigenvalue weighted by Crippen LogP contribution is 2.22. The lowest BCUT2D eigenvalue weighted by Crippen LogP contribution is -1.95. The molecule has 2 aromatic rings. The summed E-state index contributed by atoms with van der Waals surface area (Å²) in [6.45, 7) is 2.14. The molecule has 0 N–H and O–H groups in total. The molecule has 0 radical (unpaired) electrons. The molecule has 0 aliphatic heterocycles. The first kappa shape index (κ1) is 15.1. The first-order chi connectivity index (χ1) is 10.4. The Labute approximate surface area is 126 Å². The fourth-order valence-electron chi connectivity index (χ4n) is 2.36. The molecule has 0 saturated carbocycles. The van der Waals surface area contributed by atoms with Gasteiger partial charge in [-0.05, 0) is 37.3 Å². The quantitative estimate of drug-likeness (QED) is 0.590. The van der Waals surface area contributed by atoms with Crippen LogP contribution in [0.1, 0.15) is 50.2 Å². The van der Waals surface area contributed by atoms with Crippen molar-refractivity contribution in [3.05, 3.63) is 41.6 Å². The number of unbranched alkanes of at least 4 members (excludes halogenated alkanes) is 3. The number of aryl methyl sites for hydroxylation is 1. The summed E-state index contributed by atoms with van der Waals surface area (Å²) >= 11 is 0. The van der Waals surface area contributed by atoms with Crippen LogP contribution in [0.5, 0.6) is 0 Å². The lowest BCUT2D eigenvalue weighted by Gasteiger charge is -2.08. The van der Waals surface area contributed by atoms with E-state index in [9.17, 15) is 0 Å². The third-order valence-corrected chi connectivity index (χ3v) is 3.45. The van der Waals surface area contributed by atoms with Gasteiger partial charge in [0.1, 0.15) is 0 Å². The summed E-state index contributed by atoms with van der Waals surface area (Å²) in [5.74, 6) is 6.49. The summed E-state index contributed by atoms with van der Waals surface area (Å²) in [4.78, 5) is 4.51. The third kappa shape index (κ3) is 4.07. The van der Waals surface area contributed by atoms with Gasteiger partial charge in [0.15, 0.2) is 0 Å². The maximum Gasteiger partial charge on any atom is 0.0705 e. The number of hydrogen-bond donors (Lipinski definition) is 0. The standard InChI is InChI=1S/C19H20N2/c1-2-3-5-10-16-15-21-19-13-8-7-12-18(19)17(16)11-6-4-9-14-20/h7-8,12-13,15H,2-4,6,9,11H2,1H3. The van der Waals surface area contributed by atoms with Gasteiger partial charge in [-0.1, -0.05) is 37.0 Å². The van der Waals surface area contributed by atoms with Crippen molar-refractivity contribution in [1.29, 1.82) is 5.26 Å². The molecule has 1 aromatic carbocycles. The van der Waals surface area contributed by atoms with Crippen molar-refractivity contribution in [2.45, 2.75) is 45.4 Å². The number of rotatable bonds is 5. The Balaban J connectivity index is 2.33. The number of pyridine rings is 1. The topological polar surface area (TPSA) is 36.7 Å². The van der Waals surface area contributed by atoms with Crippen LogP contribution in [0.25, 0.3) is 10.9 Å². The molecule has 21 heavy (non-hydrogen) atoms. The largest absolute Gasteiger partial charge is 0.255 e. The Morgan fingerprint density at radius 3 is 2.81 bits per heavy atom. The summed E-state index contributed by atoms with van der Waals surface area (Å²) in [5, 5.41) is 9.84. The zero-order valence-corrected chi connectivity index (χ0v) is 12.5. The molecule has 0 amide bonds. The van der Waals surface area contributed by atoms with E-state index in [-0.39, 0.29) is 0 Å². The van der Waals surface area contributed by atoms with E-state index in [0.717, 1.165) is 43.2 Å². The second-order valence-electron chi connectivity index (χ2n) is 5.08. The van der Waals surface area contributed by atoms with Crippen molar-refractivity contribution in [2.75, 3.05) is 0 Å². The molecule has 106 valence electrons. The highest BCUT2D eigenvalue weighted by molar-refractivity contribution is 5.84. The van der Waals surface area contributed by atoms with E-state index < -0.39 is 0 Å².